The molecule has 12 heteroatoms. The van der Waals surface area contributed by atoms with Crippen LogP contribution in [0.1, 0.15) is 49.5 Å². The van der Waals surface area contributed by atoms with Crippen LogP contribution in [0.3, 0.4) is 0 Å². The number of nitro benzene ring substituents is 1. The van der Waals surface area contributed by atoms with Gasteiger partial charge >= 0.3 is 11.9 Å². The van der Waals surface area contributed by atoms with Crippen molar-refractivity contribution in [1.82, 2.24) is 9.78 Å². The first-order chi connectivity index (χ1) is 16.2. The van der Waals surface area contributed by atoms with Crippen molar-refractivity contribution < 1.29 is 28.8 Å². The molecular formula is C22H24N4O8. The summed E-state index contributed by atoms with van der Waals surface area (Å²) in [5, 5.41) is 15.7. The van der Waals surface area contributed by atoms with Crippen molar-refractivity contribution in [2.24, 2.45) is 0 Å². The number of hydrogen-bond donors (Lipinski definition) is 0. The fourth-order valence-corrected chi connectivity index (χ4v) is 3.36. The Morgan fingerprint density at radius 1 is 1.21 bits per heavy atom. The van der Waals surface area contributed by atoms with Crippen LogP contribution in [-0.4, -0.2) is 52.8 Å². The highest BCUT2D eigenvalue weighted by atomic mass is 16.6. The number of rotatable bonds is 9. The van der Waals surface area contributed by atoms with E-state index in [9.17, 15) is 29.3 Å². The van der Waals surface area contributed by atoms with Gasteiger partial charge in [-0.05, 0) is 26.7 Å². The minimum Gasteiger partial charge on any atom is -0.466 e. The van der Waals surface area contributed by atoms with Crippen LogP contribution in [0.25, 0.3) is 11.3 Å². The summed E-state index contributed by atoms with van der Waals surface area (Å²) in [5.41, 5.74) is -1.42. The highest BCUT2D eigenvalue weighted by Gasteiger charge is 2.35. The lowest BCUT2D eigenvalue weighted by molar-refractivity contribution is -0.384. The molecule has 12 nitrogen and oxygen atoms in total. The summed E-state index contributed by atoms with van der Waals surface area (Å²) >= 11 is 0. The Morgan fingerprint density at radius 2 is 1.88 bits per heavy atom. The number of nitro groups is 1. The van der Waals surface area contributed by atoms with Gasteiger partial charge in [-0.2, -0.15) is 5.10 Å². The van der Waals surface area contributed by atoms with E-state index in [1.54, 1.807) is 13.8 Å². The van der Waals surface area contributed by atoms with Crippen LogP contribution in [0, 0.1) is 10.1 Å². The summed E-state index contributed by atoms with van der Waals surface area (Å²) in [6.45, 7) is 3.19. The van der Waals surface area contributed by atoms with E-state index in [1.165, 1.54) is 31.3 Å². The Balaban J connectivity index is 2.28. The minimum absolute atomic E-state index is 0.00189. The molecule has 1 amide bonds. The van der Waals surface area contributed by atoms with Crippen LogP contribution in [0.2, 0.25) is 0 Å². The van der Waals surface area contributed by atoms with E-state index in [4.69, 9.17) is 9.47 Å². The maximum Gasteiger partial charge on any atom is 0.346 e. The average molecular weight is 472 g/mol. The summed E-state index contributed by atoms with van der Waals surface area (Å²) in [4.78, 5) is 62.6. The van der Waals surface area contributed by atoms with Gasteiger partial charge in [0.2, 0.25) is 5.91 Å². The summed E-state index contributed by atoms with van der Waals surface area (Å²) in [6.07, 6.45) is 0.688. The number of aromatic nitrogens is 2. The molecule has 0 unspecified atom stereocenters. The molecule has 1 aromatic heterocycles. The molecule has 3 rings (SSSR count). The standard InChI is InChI=1S/C22H24N4O8/c1-4-33-17(28)12-16(27)24(3)20-18(22(30)34-5-2)21(29)25(14-9-10-14)23-19(20)13-7-6-8-15(11-13)26(31)32/h6-8,11,14H,4-5,9-10,12H2,1-3H3. The first-order valence-electron chi connectivity index (χ1n) is 10.7. The van der Waals surface area contributed by atoms with Crippen molar-refractivity contribution >= 4 is 29.2 Å². The van der Waals surface area contributed by atoms with Crippen LogP contribution < -0.4 is 10.5 Å². The van der Waals surface area contributed by atoms with Gasteiger partial charge in [0.05, 0.1) is 29.9 Å². The van der Waals surface area contributed by atoms with Crippen molar-refractivity contribution in [3.05, 3.63) is 50.3 Å². The third-order valence-electron chi connectivity index (χ3n) is 5.10. The predicted octanol–water partition coefficient (Wildman–Crippen LogP) is 2.25. The molecular weight excluding hydrogens is 448 g/mol. The molecule has 0 spiro atoms. The van der Waals surface area contributed by atoms with Crippen LogP contribution in [0.5, 0.6) is 0 Å². The molecule has 0 N–H and O–H groups in total. The molecule has 1 saturated carbocycles. The molecule has 1 fully saturated rings. The average Bonchev–Trinajstić information content (AvgIpc) is 3.63. The predicted molar refractivity (Wildman–Crippen MR) is 119 cm³/mol. The van der Waals surface area contributed by atoms with E-state index >= 15 is 0 Å². The van der Waals surface area contributed by atoms with Gasteiger partial charge in [-0.3, -0.25) is 24.5 Å². The number of benzene rings is 1. The van der Waals surface area contributed by atoms with Crippen LogP contribution in [0.15, 0.2) is 29.1 Å². The molecule has 0 aliphatic heterocycles. The zero-order valence-corrected chi connectivity index (χ0v) is 19.0. The second-order valence-corrected chi connectivity index (χ2v) is 7.52. The zero-order valence-electron chi connectivity index (χ0n) is 19.0. The van der Waals surface area contributed by atoms with Crippen LogP contribution >= 0.6 is 0 Å². The van der Waals surface area contributed by atoms with Gasteiger partial charge in [0.25, 0.3) is 11.2 Å². The Kier molecular flexibility index (Phi) is 7.39. The number of hydrogen-bond acceptors (Lipinski definition) is 9. The second kappa shape index (κ2) is 10.2. The maximum absolute atomic E-state index is 13.3. The van der Waals surface area contributed by atoms with Crippen molar-refractivity contribution in [3.63, 3.8) is 0 Å². The normalized spacial score (nSPS) is 12.7. The lowest BCUT2D eigenvalue weighted by Gasteiger charge is -2.23. The van der Waals surface area contributed by atoms with E-state index in [0.29, 0.717) is 12.8 Å². The number of nitrogens with zero attached hydrogens (tertiary/aromatic N) is 4. The van der Waals surface area contributed by atoms with Gasteiger partial charge < -0.3 is 14.4 Å². The monoisotopic (exact) mass is 472 g/mol. The molecule has 180 valence electrons. The minimum atomic E-state index is -0.971. The van der Waals surface area contributed by atoms with Gasteiger partial charge in [0.15, 0.2) is 5.56 Å². The quantitative estimate of drug-likeness (QED) is 0.231. The molecule has 1 aromatic carbocycles. The Morgan fingerprint density at radius 3 is 2.47 bits per heavy atom. The van der Waals surface area contributed by atoms with E-state index in [-0.39, 0.29) is 41.9 Å². The Labute approximate surface area is 194 Å². The number of carbonyl (C=O) groups excluding carboxylic acids is 3. The molecule has 2 aromatic rings. The highest BCUT2D eigenvalue weighted by Crippen LogP contribution is 2.37. The number of anilines is 1. The third kappa shape index (κ3) is 5.11. The van der Waals surface area contributed by atoms with E-state index < -0.39 is 40.3 Å². The second-order valence-electron chi connectivity index (χ2n) is 7.52. The van der Waals surface area contributed by atoms with Crippen LogP contribution in [-0.2, 0) is 19.1 Å². The largest absolute Gasteiger partial charge is 0.466 e. The molecule has 0 radical (unpaired) electrons. The number of amides is 1. The maximum atomic E-state index is 13.3. The first kappa shape index (κ1) is 24.6. The molecule has 1 heterocycles. The summed E-state index contributed by atoms with van der Waals surface area (Å²) < 4.78 is 11.1. The fraction of sp³-hybridized carbons (Fsp3) is 0.409. The summed E-state index contributed by atoms with van der Waals surface area (Å²) in [7, 11) is 1.28. The van der Waals surface area contributed by atoms with Gasteiger partial charge in [-0.1, -0.05) is 12.1 Å². The van der Waals surface area contributed by atoms with Crippen LogP contribution in [0.4, 0.5) is 11.4 Å². The van der Waals surface area contributed by atoms with Crippen molar-refractivity contribution in [2.75, 3.05) is 25.2 Å². The number of carbonyl (C=O) groups is 3. The zero-order chi connectivity index (χ0) is 25.0. The highest BCUT2D eigenvalue weighted by molar-refractivity contribution is 6.09. The number of ether oxygens (including phenoxy) is 2. The first-order valence-corrected chi connectivity index (χ1v) is 10.7. The number of esters is 2. The van der Waals surface area contributed by atoms with Crippen molar-refractivity contribution in [1.29, 1.82) is 0 Å². The van der Waals surface area contributed by atoms with Gasteiger partial charge in [0.1, 0.15) is 12.1 Å². The molecule has 34 heavy (non-hydrogen) atoms. The van der Waals surface area contributed by atoms with Gasteiger partial charge in [-0.25, -0.2) is 9.48 Å². The molecule has 1 aliphatic carbocycles. The Bertz CT molecular complexity index is 1200. The smallest absolute Gasteiger partial charge is 0.346 e. The topological polar surface area (TPSA) is 151 Å². The fourth-order valence-electron chi connectivity index (χ4n) is 3.36. The lowest BCUT2D eigenvalue weighted by Crippen LogP contribution is -2.37. The SMILES string of the molecule is CCOC(=O)CC(=O)N(C)c1c(-c2cccc([N+](=O)[O-])c2)nn(C2CC2)c(=O)c1C(=O)OCC. The van der Waals surface area contributed by atoms with E-state index in [2.05, 4.69) is 5.10 Å². The molecule has 1 aliphatic rings. The van der Waals surface area contributed by atoms with E-state index in [1.807, 2.05) is 0 Å². The van der Waals surface area contributed by atoms with Gasteiger partial charge in [-0.15, -0.1) is 0 Å². The lowest BCUT2D eigenvalue weighted by atomic mass is 10.0. The molecule has 0 atom stereocenters. The summed E-state index contributed by atoms with van der Waals surface area (Å²) in [6, 6.07) is 5.20. The third-order valence-corrected chi connectivity index (χ3v) is 5.10. The summed E-state index contributed by atoms with van der Waals surface area (Å²) in [5.74, 6) is -2.52. The van der Waals surface area contributed by atoms with Crippen molar-refractivity contribution in [2.45, 2.75) is 39.2 Å². The van der Waals surface area contributed by atoms with Gasteiger partial charge in [0, 0.05) is 24.7 Å². The molecule has 0 bridgehead atoms. The van der Waals surface area contributed by atoms with E-state index in [0.717, 1.165) is 9.58 Å². The Hall–Kier alpha value is -4.09. The molecule has 0 saturated heterocycles. The van der Waals surface area contributed by atoms with Crippen molar-refractivity contribution in [3.8, 4) is 11.3 Å². The number of non-ortho nitro benzene ring substituents is 1.